The lowest BCUT2D eigenvalue weighted by molar-refractivity contribution is 0.311. The minimum Gasteiger partial charge on any atom is -0.395 e. The van der Waals surface area contributed by atoms with Gasteiger partial charge >= 0.3 is 0 Å². The van der Waals surface area contributed by atoms with E-state index in [4.69, 9.17) is 10.8 Å². The van der Waals surface area contributed by atoms with Gasteiger partial charge in [-0.15, -0.1) is 0 Å². The molecule has 0 unspecified atom stereocenters. The van der Waals surface area contributed by atoms with E-state index in [-0.39, 0.29) is 6.61 Å². The summed E-state index contributed by atoms with van der Waals surface area (Å²) in [6, 6.07) is 5.83. The first-order chi connectivity index (χ1) is 6.29. The number of rotatable bonds is 4. The number of aliphatic hydroxyl groups is 1. The van der Waals surface area contributed by atoms with Crippen LogP contribution in [0.2, 0.25) is 0 Å². The monoisotopic (exact) mass is 244 g/mol. The van der Waals surface area contributed by atoms with Crippen LogP contribution < -0.4 is 11.1 Å². The Balaban J connectivity index is 2.85. The van der Waals surface area contributed by atoms with Gasteiger partial charge in [0, 0.05) is 28.8 Å². The zero-order chi connectivity index (χ0) is 9.68. The highest BCUT2D eigenvalue weighted by molar-refractivity contribution is 9.10. The van der Waals surface area contributed by atoms with Crippen molar-refractivity contribution in [3.05, 3.63) is 28.2 Å². The van der Waals surface area contributed by atoms with Crippen molar-refractivity contribution in [2.45, 2.75) is 6.54 Å². The zero-order valence-corrected chi connectivity index (χ0v) is 8.84. The average Bonchev–Trinajstić information content (AvgIpc) is 2.15. The average molecular weight is 245 g/mol. The van der Waals surface area contributed by atoms with Gasteiger partial charge in [-0.1, -0.05) is 22.0 Å². The molecule has 1 aromatic carbocycles. The molecule has 0 heterocycles. The van der Waals surface area contributed by atoms with Gasteiger partial charge in [0.2, 0.25) is 0 Å². The van der Waals surface area contributed by atoms with Crippen LogP contribution >= 0.6 is 15.9 Å². The summed E-state index contributed by atoms with van der Waals surface area (Å²) in [4.78, 5) is 0. The van der Waals surface area contributed by atoms with E-state index in [1.807, 2.05) is 18.2 Å². The molecule has 0 saturated carbocycles. The maximum absolute atomic E-state index is 8.66. The van der Waals surface area contributed by atoms with Crippen LogP contribution in [-0.2, 0) is 6.54 Å². The van der Waals surface area contributed by atoms with Crippen LogP contribution in [0.4, 0.5) is 5.69 Å². The Kier molecular flexibility index (Phi) is 4.21. The molecule has 4 N–H and O–H groups in total. The van der Waals surface area contributed by atoms with Crippen molar-refractivity contribution in [1.82, 2.24) is 0 Å². The molecule has 0 atom stereocenters. The van der Waals surface area contributed by atoms with Gasteiger partial charge in [0.25, 0.3) is 0 Å². The number of benzene rings is 1. The van der Waals surface area contributed by atoms with Crippen molar-refractivity contribution >= 4 is 21.6 Å². The van der Waals surface area contributed by atoms with Crippen LogP contribution in [0.25, 0.3) is 0 Å². The number of nitrogens with two attached hydrogens (primary N) is 1. The van der Waals surface area contributed by atoms with Crippen molar-refractivity contribution in [3.8, 4) is 0 Å². The minimum absolute atomic E-state index is 0.122. The minimum atomic E-state index is 0.122. The lowest BCUT2D eigenvalue weighted by Gasteiger charge is -2.10. The third-order valence-corrected chi connectivity index (χ3v) is 2.49. The molecule has 0 bridgehead atoms. The molecule has 72 valence electrons. The fraction of sp³-hybridized carbons (Fsp3) is 0.333. The van der Waals surface area contributed by atoms with E-state index in [1.165, 1.54) is 0 Å². The Morgan fingerprint density at radius 2 is 2.23 bits per heavy atom. The first-order valence-corrected chi connectivity index (χ1v) is 4.91. The number of nitrogens with one attached hydrogen (secondary N) is 1. The molecule has 0 saturated heterocycles. The van der Waals surface area contributed by atoms with E-state index in [1.54, 1.807) is 0 Å². The summed E-state index contributed by atoms with van der Waals surface area (Å²) in [6.45, 7) is 1.15. The Bertz CT molecular complexity index is 278. The van der Waals surface area contributed by atoms with Gasteiger partial charge in [-0.3, -0.25) is 0 Å². The zero-order valence-electron chi connectivity index (χ0n) is 7.26. The Labute approximate surface area is 86.1 Å². The molecule has 0 spiro atoms. The van der Waals surface area contributed by atoms with Gasteiger partial charge < -0.3 is 16.2 Å². The summed E-state index contributed by atoms with van der Waals surface area (Å²) in [7, 11) is 0. The smallest absolute Gasteiger partial charge is 0.0604 e. The molecule has 0 aromatic heterocycles. The van der Waals surface area contributed by atoms with Crippen molar-refractivity contribution in [3.63, 3.8) is 0 Å². The summed E-state index contributed by atoms with van der Waals surface area (Å²) in [5.74, 6) is 0. The molecule has 0 aliphatic carbocycles. The van der Waals surface area contributed by atoms with Gasteiger partial charge in [0.15, 0.2) is 0 Å². The number of aliphatic hydroxyl groups excluding tert-OH is 1. The Hall–Kier alpha value is -0.580. The molecule has 0 aliphatic rings. The van der Waals surface area contributed by atoms with Gasteiger partial charge in [0.1, 0.15) is 0 Å². The fourth-order valence-corrected chi connectivity index (χ4v) is 1.65. The first kappa shape index (κ1) is 10.5. The van der Waals surface area contributed by atoms with Crippen LogP contribution in [-0.4, -0.2) is 18.3 Å². The molecule has 4 heteroatoms. The van der Waals surface area contributed by atoms with E-state index in [0.717, 1.165) is 15.7 Å². The normalized spacial score (nSPS) is 10.1. The van der Waals surface area contributed by atoms with Crippen LogP contribution in [0.5, 0.6) is 0 Å². The fourth-order valence-electron chi connectivity index (χ4n) is 1.12. The number of halogens is 1. The number of anilines is 1. The molecular weight excluding hydrogens is 232 g/mol. The number of hydrogen-bond donors (Lipinski definition) is 3. The third kappa shape index (κ3) is 2.69. The molecule has 0 fully saturated rings. The first-order valence-electron chi connectivity index (χ1n) is 4.11. The summed E-state index contributed by atoms with van der Waals surface area (Å²) < 4.78 is 0.998. The van der Waals surface area contributed by atoms with Crippen LogP contribution in [0.15, 0.2) is 22.7 Å². The topological polar surface area (TPSA) is 58.3 Å². The number of hydrogen-bond acceptors (Lipinski definition) is 3. The van der Waals surface area contributed by atoms with Crippen molar-refractivity contribution < 1.29 is 5.11 Å². The standard InChI is InChI=1S/C9H13BrN2O/c10-8-2-1-3-9(7(8)6-11)12-4-5-13/h1-3,12-13H,4-6,11H2. The molecule has 1 aromatic rings. The predicted molar refractivity (Wildman–Crippen MR) is 57.6 cm³/mol. The second kappa shape index (κ2) is 5.21. The second-order valence-electron chi connectivity index (χ2n) is 2.62. The molecule has 1 rings (SSSR count). The van der Waals surface area contributed by atoms with Crippen LogP contribution in [0.3, 0.4) is 0 Å². The SMILES string of the molecule is NCc1c(Br)cccc1NCCO. The summed E-state index contributed by atoms with van der Waals surface area (Å²) in [5.41, 5.74) is 7.61. The van der Waals surface area contributed by atoms with Crippen molar-refractivity contribution in [2.24, 2.45) is 5.73 Å². The molecule has 0 amide bonds. The lowest BCUT2D eigenvalue weighted by Crippen LogP contribution is -2.09. The highest BCUT2D eigenvalue weighted by atomic mass is 79.9. The summed E-state index contributed by atoms with van der Waals surface area (Å²) in [5, 5.41) is 11.7. The van der Waals surface area contributed by atoms with Crippen molar-refractivity contribution in [1.29, 1.82) is 0 Å². The highest BCUT2D eigenvalue weighted by Gasteiger charge is 2.03. The molecule has 13 heavy (non-hydrogen) atoms. The van der Waals surface area contributed by atoms with Crippen LogP contribution in [0.1, 0.15) is 5.56 Å². The van der Waals surface area contributed by atoms with Gasteiger partial charge in [-0.2, -0.15) is 0 Å². The van der Waals surface area contributed by atoms with Gasteiger partial charge in [-0.05, 0) is 12.1 Å². The quantitative estimate of drug-likeness (QED) is 0.749. The van der Waals surface area contributed by atoms with E-state index in [9.17, 15) is 0 Å². The third-order valence-electron chi connectivity index (χ3n) is 1.75. The molecular formula is C9H13BrN2O. The van der Waals surface area contributed by atoms with E-state index in [0.29, 0.717) is 13.1 Å². The Morgan fingerprint density at radius 1 is 1.46 bits per heavy atom. The Morgan fingerprint density at radius 3 is 2.85 bits per heavy atom. The maximum Gasteiger partial charge on any atom is 0.0604 e. The van der Waals surface area contributed by atoms with Gasteiger partial charge in [-0.25, -0.2) is 0 Å². The summed E-state index contributed by atoms with van der Waals surface area (Å²) >= 11 is 3.42. The maximum atomic E-state index is 8.66. The van der Waals surface area contributed by atoms with E-state index < -0.39 is 0 Å². The van der Waals surface area contributed by atoms with Crippen molar-refractivity contribution in [2.75, 3.05) is 18.5 Å². The molecule has 3 nitrogen and oxygen atoms in total. The molecule has 0 radical (unpaired) electrons. The van der Waals surface area contributed by atoms with E-state index >= 15 is 0 Å². The second-order valence-corrected chi connectivity index (χ2v) is 3.47. The highest BCUT2D eigenvalue weighted by Crippen LogP contribution is 2.23. The largest absolute Gasteiger partial charge is 0.395 e. The van der Waals surface area contributed by atoms with Crippen LogP contribution in [0, 0.1) is 0 Å². The molecule has 0 aliphatic heterocycles. The summed E-state index contributed by atoms with van der Waals surface area (Å²) in [6.07, 6.45) is 0. The lowest BCUT2D eigenvalue weighted by atomic mass is 10.2. The van der Waals surface area contributed by atoms with E-state index in [2.05, 4.69) is 21.2 Å². The van der Waals surface area contributed by atoms with Gasteiger partial charge in [0.05, 0.1) is 6.61 Å². The predicted octanol–water partition coefficient (Wildman–Crippen LogP) is 1.31.